The van der Waals surface area contributed by atoms with Crippen molar-refractivity contribution in [3.05, 3.63) is 65.2 Å². The number of benzene rings is 2. The van der Waals surface area contributed by atoms with Gasteiger partial charge in [-0.15, -0.1) is 0 Å². The van der Waals surface area contributed by atoms with Crippen molar-refractivity contribution in [2.24, 2.45) is 0 Å². The fourth-order valence-corrected chi connectivity index (χ4v) is 3.42. The summed E-state index contributed by atoms with van der Waals surface area (Å²) in [5.41, 5.74) is 2.18. The van der Waals surface area contributed by atoms with Gasteiger partial charge in [-0.2, -0.15) is 11.8 Å². The SMILES string of the molecule is COc1cccc(CSCCN2C(=O)c3ccccc3C2=O)c1. The van der Waals surface area contributed by atoms with E-state index in [1.807, 2.05) is 24.3 Å². The number of methoxy groups -OCH3 is 1. The minimum absolute atomic E-state index is 0.187. The number of amides is 2. The molecule has 0 N–H and O–H groups in total. The Morgan fingerprint density at radius 1 is 1.00 bits per heavy atom. The van der Waals surface area contributed by atoms with Crippen LogP contribution in [0.25, 0.3) is 0 Å². The normalized spacial score (nSPS) is 13.3. The van der Waals surface area contributed by atoms with E-state index >= 15 is 0 Å². The van der Waals surface area contributed by atoms with E-state index in [0.717, 1.165) is 17.1 Å². The summed E-state index contributed by atoms with van der Waals surface area (Å²) < 4.78 is 5.20. The predicted octanol–water partition coefficient (Wildman–Crippen LogP) is 3.22. The number of ether oxygens (including phenoxy) is 1. The summed E-state index contributed by atoms with van der Waals surface area (Å²) >= 11 is 1.69. The molecular weight excluding hydrogens is 310 g/mol. The summed E-state index contributed by atoms with van der Waals surface area (Å²) in [5, 5.41) is 0. The number of rotatable bonds is 6. The Labute approximate surface area is 139 Å². The topological polar surface area (TPSA) is 46.6 Å². The van der Waals surface area contributed by atoms with Crippen molar-refractivity contribution in [1.29, 1.82) is 0 Å². The van der Waals surface area contributed by atoms with Crippen molar-refractivity contribution in [2.45, 2.75) is 5.75 Å². The third kappa shape index (κ3) is 3.24. The lowest BCUT2D eigenvalue weighted by Gasteiger charge is -2.13. The molecule has 0 saturated heterocycles. The number of hydrogen-bond acceptors (Lipinski definition) is 4. The van der Waals surface area contributed by atoms with E-state index in [-0.39, 0.29) is 11.8 Å². The highest BCUT2D eigenvalue weighted by Gasteiger charge is 2.34. The van der Waals surface area contributed by atoms with E-state index in [2.05, 4.69) is 0 Å². The van der Waals surface area contributed by atoms with Crippen molar-refractivity contribution in [3.63, 3.8) is 0 Å². The Morgan fingerprint density at radius 3 is 2.35 bits per heavy atom. The van der Waals surface area contributed by atoms with Gasteiger partial charge in [0.25, 0.3) is 11.8 Å². The van der Waals surface area contributed by atoms with Crippen LogP contribution in [0.15, 0.2) is 48.5 Å². The van der Waals surface area contributed by atoms with E-state index in [1.165, 1.54) is 4.90 Å². The van der Waals surface area contributed by atoms with Gasteiger partial charge in [-0.3, -0.25) is 14.5 Å². The van der Waals surface area contributed by atoms with E-state index in [4.69, 9.17) is 4.74 Å². The van der Waals surface area contributed by atoms with Gasteiger partial charge in [-0.25, -0.2) is 0 Å². The Morgan fingerprint density at radius 2 is 1.70 bits per heavy atom. The molecule has 2 aromatic carbocycles. The van der Waals surface area contributed by atoms with Crippen LogP contribution < -0.4 is 4.74 Å². The van der Waals surface area contributed by atoms with Crippen molar-refractivity contribution < 1.29 is 14.3 Å². The van der Waals surface area contributed by atoms with E-state index in [1.54, 1.807) is 43.1 Å². The largest absolute Gasteiger partial charge is 0.497 e. The molecule has 2 amide bonds. The van der Waals surface area contributed by atoms with Crippen molar-refractivity contribution in [1.82, 2.24) is 4.90 Å². The van der Waals surface area contributed by atoms with Crippen LogP contribution >= 0.6 is 11.8 Å². The molecule has 0 unspecified atom stereocenters. The van der Waals surface area contributed by atoms with Crippen LogP contribution in [0.3, 0.4) is 0 Å². The molecule has 0 saturated carbocycles. The molecule has 118 valence electrons. The van der Waals surface area contributed by atoms with Gasteiger partial charge in [0.05, 0.1) is 18.2 Å². The van der Waals surface area contributed by atoms with Gasteiger partial charge >= 0.3 is 0 Å². The van der Waals surface area contributed by atoms with Gasteiger partial charge in [0.1, 0.15) is 5.75 Å². The highest BCUT2D eigenvalue weighted by molar-refractivity contribution is 7.98. The molecule has 0 bridgehead atoms. The van der Waals surface area contributed by atoms with Crippen molar-refractivity contribution in [3.8, 4) is 5.75 Å². The fraction of sp³-hybridized carbons (Fsp3) is 0.222. The average molecular weight is 327 g/mol. The maximum Gasteiger partial charge on any atom is 0.261 e. The zero-order valence-corrected chi connectivity index (χ0v) is 13.6. The second kappa shape index (κ2) is 6.87. The predicted molar refractivity (Wildman–Crippen MR) is 91.0 cm³/mol. The molecule has 0 atom stereocenters. The van der Waals surface area contributed by atoms with Crippen LogP contribution in [-0.2, 0) is 5.75 Å². The Bertz CT molecular complexity index is 710. The number of thioether (sulfide) groups is 1. The molecule has 23 heavy (non-hydrogen) atoms. The first-order valence-corrected chi connectivity index (χ1v) is 8.52. The molecule has 4 nitrogen and oxygen atoms in total. The number of carbonyl (C=O) groups is 2. The quantitative estimate of drug-likeness (QED) is 0.604. The average Bonchev–Trinajstić information content (AvgIpc) is 2.84. The lowest BCUT2D eigenvalue weighted by Crippen LogP contribution is -2.31. The minimum Gasteiger partial charge on any atom is -0.497 e. The third-order valence-electron chi connectivity index (χ3n) is 3.74. The molecule has 0 aromatic heterocycles. The maximum atomic E-state index is 12.2. The highest BCUT2D eigenvalue weighted by Crippen LogP contribution is 2.23. The molecule has 3 rings (SSSR count). The van der Waals surface area contributed by atoms with Crippen LogP contribution in [0.4, 0.5) is 0 Å². The number of imide groups is 1. The van der Waals surface area contributed by atoms with Gasteiger partial charge in [-0.05, 0) is 29.8 Å². The summed E-state index contributed by atoms with van der Waals surface area (Å²) in [5.74, 6) is 1.99. The van der Waals surface area contributed by atoms with Gasteiger partial charge < -0.3 is 4.74 Å². The summed E-state index contributed by atoms with van der Waals surface area (Å²) in [6.07, 6.45) is 0. The summed E-state index contributed by atoms with van der Waals surface area (Å²) in [4.78, 5) is 25.8. The third-order valence-corrected chi connectivity index (χ3v) is 4.75. The number of fused-ring (bicyclic) bond motifs is 1. The molecule has 5 heteroatoms. The fourth-order valence-electron chi connectivity index (χ4n) is 2.55. The lowest BCUT2D eigenvalue weighted by molar-refractivity contribution is 0.0664. The molecular formula is C18H17NO3S. The Balaban J connectivity index is 1.54. The first-order chi connectivity index (χ1) is 11.2. The molecule has 1 aliphatic rings. The first-order valence-electron chi connectivity index (χ1n) is 7.36. The smallest absolute Gasteiger partial charge is 0.261 e. The summed E-state index contributed by atoms with van der Waals surface area (Å²) in [6.45, 7) is 0.432. The van der Waals surface area contributed by atoms with Crippen LogP contribution in [0.1, 0.15) is 26.3 Å². The Kier molecular flexibility index (Phi) is 4.67. The lowest BCUT2D eigenvalue weighted by atomic mass is 10.1. The van der Waals surface area contributed by atoms with E-state index in [0.29, 0.717) is 23.4 Å². The molecule has 0 spiro atoms. The second-order valence-corrected chi connectivity index (χ2v) is 6.32. The molecule has 0 fully saturated rings. The second-order valence-electron chi connectivity index (χ2n) is 5.21. The van der Waals surface area contributed by atoms with Crippen molar-refractivity contribution in [2.75, 3.05) is 19.4 Å². The molecule has 0 aliphatic carbocycles. The molecule has 2 aromatic rings. The standard InChI is InChI=1S/C18H17NO3S/c1-22-14-6-4-5-13(11-14)12-23-10-9-19-17(20)15-7-2-3-8-16(15)18(19)21/h2-8,11H,9-10,12H2,1H3. The minimum atomic E-state index is -0.187. The molecule has 1 aliphatic heterocycles. The number of hydrogen-bond donors (Lipinski definition) is 0. The first kappa shape index (κ1) is 15.6. The van der Waals surface area contributed by atoms with Crippen molar-refractivity contribution >= 4 is 23.6 Å². The van der Waals surface area contributed by atoms with E-state index < -0.39 is 0 Å². The number of carbonyl (C=O) groups excluding carboxylic acids is 2. The summed E-state index contributed by atoms with van der Waals surface area (Å²) in [7, 11) is 1.65. The molecule has 0 radical (unpaired) electrons. The maximum absolute atomic E-state index is 12.2. The number of nitrogens with zero attached hydrogens (tertiary/aromatic N) is 1. The zero-order valence-electron chi connectivity index (χ0n) is 12.8. The Hall–Kier alpha value is -2.27. The van der Waals surface area contributed by atoms with Crippen LogP contribution in [0.2, 0.25) is 0 Å². The zero-order chi connectivity index (χ0) is 16.2. The van der Waals surface area contributed by atoms with Crippen LogP contribution in [0.5, 0.6) is 5.75 Å². The summed E-state index contributed by atoms with van der Waals surface area (Å²) in [6, 6.07) is 14.9. The van der Waals surface area contributed by atoms with E-state index in [9.17, 15) is 9.59 Å². The van der Waals surface area contributed by atoms with Gasteiger partial charge in [-0.1, -0.05) is 24.3 Å². The highest BCUT2D eigenvalue weighted by atomic mass is 32.2. The van der Waals surface area contributed by atoms with Gasteiger partial charge in [0.15, 0.2) is 0 Å². The van der Waals surface area contributed by atoms with Gasteiger partial charge in [0.2, 0.25) is 0 Å². The van der Waals surface area contributed by atoms with Crippen LogP contribution in [0, 0.1) is 0 Å². The molecule has 1 heterocycles. The van der Waals surface area contributed by atoms with Crippen LogP contribution in [-0.4, -0.2) is 36.1 Å². The monoisotopic (exact) mass is 327 g/mol. The van der Waals surface area contributed by atoms with Gasteiger partial charge in [0, 0.05) is 18.1 Å².